The molecule has 0 aliphatic carbocycles. The lowest BCUT2D eigenvalue weighted by Crippen LogP contribution is -2.32. The van der Waals surface area contributed by atoms with Crippen LogP contribution in [-0.4, -0.2) is 43.8 Å². The Hall–Kier alpha value is -2.92. The fourth-order valence-corrected chi connectivity index (χ4v) is 4.92. The summed E-state index contributed by atoms with van der Waals surface area (Å²) in [7, 11) is -3.80. The SMILES string of the molecule is CC(OC(=O)c1cccc(S(=O)(=O)N2CCCCCC2)c1)C(=O)Nc1ccc(F)c(F)c1F. The van der Waals surface area contributed by atoms with Gasteiger partial charge in [-0.2, -0.15) is 4.31 Å². The summed E-state index contributed by atoms with van der Waals surface area (Å²) in [6.45, 7) is 1.99. The van der Waals surface area contributed by atoms with Gasteiger partial charge in [0.15, 0.2) is 23.6 Å². The number of sulfonamides is 1. The highest BCUT2D eigenvalue weighted by Crippen LogP contribution is 2.22. The van der Waals surface area contributed by atoms with E-state index in [2.05, 4.69) is 0 Å². The zero-order chi connectivity index (χ0) is 24.2. The van der Waals surface area contributed by atoms with Crippen molar-refractivity contribution in [1.82, 2.24) is 4.31 Å². The standard InChI is InChI=1S/C22H23F3N2O5S/c1-14(21(28)26-18-10-9-17(23)19(24)20(18)25)32-22(29)15-7-6-8-16(13-15)33(30,31)27-11-4-2-3-5-12-27/h6-10,13-14H,2-5,11-12H2,1H3,(H,26,28). The molecule has 1 N–H and O–H groups in total. The lowest BCUT2D eigenvalue weighted by Gasteiger charge is -2.20. The number of hydrogen-bond donors (Lipinski definition) is 1. The first-order valence-corrected chi connectivity index (χ1v) is 11.8. The van der Waals surface area contributed by atoms with Crippen LogP contribution in [-0.2, 0) is 19.6 Å². The predicted octanol–water partition coefficient (Wildman–Crippen LogP) is 3.85. The molecule has 11 heteroatoms. The number of carbonyl (C=O) groups excluding carboxylic acids is 2. The van der Waals surface area contributed by atoms with Gasteiger partial charge in [0, 0.05) is 13.1 Å². The van der Waals surface area contributed by atoms with Crippen molar-refractivity contribution < 1.29 is 35.9 Å². The van der Waals surface area contributed by atoms with E-state index in [4.69, 9.17) is 4.74 Å². The summed E-state index contributed by atoms with van der Waals surface area (Å²) in [4.78, 5) is 24.6. The molecule has 0 bridgehead atoms. The van der Waals surface area contributed by atoms with Crippen LogP contribution < -0.4 is 5.32 Å². The maximum absolute atomic E-state index is 13.8. The lowest BCUT2D eigenvalue weighted by molar-refractivity contribution is -0.123. The Morgan fingerprint density at radius 3 is 2.33 bits per heavy atom. The molecule has 1 aliphatic rings. The monoisotopic (exact) mass is 484 g/mol. The van der Waals surface area contributed by atoms with Gasteiger partial charge in [-0.15, -0.1) is 0 Å². The summed E-state index contributed by atoms with van der Waals surface area (Å²) in [5.41, 5.74) is -0.711. The van der Waals surface area contributed by atoms with Gasteiger partial charge >= 0.3 is 5.97 Å². The molecule has 1 atom stereocenters. The van der Waals surface area contributed by atoms with E-state index in [1.54, 1.807) is 0 Å². The van der Waals surface area contributed by atoms with E-state index in [-0.39, 0.29) is 10.5 Å². The number of carbonyl (C=O) groups is 2. The molecule has 33 heavy (non-hydrogen) atoms. The average Bonchev–Trinajstić information content (AvgIpc) is 3.09. The summed E-state index contributed by atoms with van der Waals surface area (Å²) in [6.07, 6.45) is 1.98. The van der Waals surface area contributed by atoms with Crippen molar-refractivity contribution in [1.29, 1.82) is 0 Å². The molecule has 0 aromatic heterocycles. The zero-order valence-electron chi connectivity index (χ0n) is 17.8. The Morgan fingerprint density at radius 2 is 1.67 bits per heavy atom. The number of halogens is 3. The number of nitrogens with zero attached hydrogens (tertiary/aromatic N) is 1. The molecular weight excluding hydrogens is 461 g/mol. The van der Waals surface area contributed by atoms with Crippen LogP contribution in [0, 0.1) is 17.5 Å². The Labute approximate surface area is 189 Å². The van der Waals surface area contributed by atoms with Crippen molar-refractivity contribution in [3.8, 4) is 0 Å². The first-order chi connectivity index (χ1) is 15.6. The maximum atomic E-state index is 13.8. The van der Waals surface area contributed by atoms with E-state index in [0.717, 1.165) is 31.7 Å². The number of benzene rings is 2. The number of hydrogen-bond acceptors (Lipinski definition) is 5. The van der Waals surface area contributed by atoms with Crippen molar-refractivity contribution in [3.05, 3.63) is 59.4 Å². The third-order valence-electron chi connectivity index (χ3n) is 5.22. The number of anilines is 1. The van der Waals surface area contributed by atoms with Gasteiger partial charge in [-0.3, -0.25) is 4.79 Å². The molecule has 7 nitrogen and oxygen atoms in total. The lowest BCUT2D eigenvalue weighted by atomic mass is 10.2. The Balaban J connectivity index is 1.70. The summed E-state index contributed by atoms with van der Waals surface area (Å²) < 4.78 is 72.4. The third kappa shape index (κ3) is 5.72. The molecule has 1 fully saturated rings. The second-order valence-corrected chi connectivity index (χ2v) is 9.54. The molecule has 0 saturated carbocycles. The quantitative estimate of drug-likeness (QED) is 0.497. The van der Waals surface area contributed by atoms with Crippen LogP contribution in [0.3, 0.4) is 0 Å². The van der Waals surface area contributed by atoms with Crippen LogP contribution >= 0.6 is 0 Å². The molecule has 1 aliphatic heterocycles. The number of nitrogens with one attached hydrogen (secondary N) is 1. The molecule has 178 valence electrons. The van der Waals surface area contributed by atoms with E-state index < -0.39 is 51.1 Å². The normalized spacial score (nSPS) is 16.0. The summed E-state index contributed by atoms with van der Waals surface area (Å²) in [6, 6.07) is 6.74. The summed E-state index contributed by atoms with van der Waals surface area (Å²) >= 11 is 0. The summed E-state index contributed by atoms with van der Waals surface area (Å²) in [5, 5.41) is 2.02. The third-order valence-corrected chi connectivity index (χ3v) is 7.11. The average molecular weight is 484 g/mol. The molecule has 0 spiro atoms. The van der Waals surface area contributed by atoms with Gasteiger partial charge in [0.2, 0.25) is 10.0 Å². The smallest absolute Gasteiger partial charge is 0.338 e. The Bertz CT molecular complexity index is 1150. The summed E-state index contributed by atoms with van der Waals surface area (Å²) in [5.74, 6) is -6.72. The molecule has 1 saturated heterocycles. The van der Waals surface area contributed by atoms with E-state index >= 15 is 0 Å². The minimum Gasteiger partial charge on any atom is -0.449 e. The van der Waals surface area contributed by atoms with Crippen molar-refractivity contribution in [2.75, 3.05) is 18.4 Å². The van der Waals surface area contributed by atoms with Gasteiger partial charge in [-0.25, -0.2) is 26.4 Å². The minimum atomic E-state index is -3.80. The molecule has 2 aromatic rings. The first-order valence-electron chi connectivity index (χ1n) is 10.4. The highest BCUT2D eigenvalue weighted by atomic mass is 32.2. The largest absolute Gasteiger partial charge is 0.449 e. The highest BCUT2D eigenvalue weighted by Gasteiger charge is 2.27. The van der Waals surface area contributed by atoms with Gasteiger partial charge in [0.1, 0.15) is 0 Å². The number of amides is 1. The molecule has 1 unspecified atom stereocenters. The second kappa shape index (κ2) is 10.3. The Kier molecular flexibility index (Phi) is 7.75. The van der Waals surface area contributed by atoms with E-state index in [9.17, 15) is 31.2 Å². The maximum Gasteiger partial charge on any atom is 0.338 e. The molecular formula is C22H23F3N2O5S. The van der Waals surface area contributed by atoms with Crippen LogP contribution in [0.25, 0.3) is 0 Å². The predicted molar refractivity (Wildman–Crippen MR) is 113 cm³/mol. The van der Waals surface area contributed by atoms with Crippen LogP contribution in [0.15, 0.2) is 41.3 Å². The topological polar surface area (TPSA) is 92.8 Å². The number of rotatable bonds is 6. The van der Waals surface area contributed by atoms with Gasteiger partial charge in [-0.1, -0.05) is 18.9 Å². The van der Waals surface area contributed by atoms with Crippen molar-refractivity contribution in [2.24, 2.45) is 0 Å². The van der Waals surface area contributed by atoms with Crippen LogP contribution in [0.4, 0.5) is 18.9 Å². The van der Waals surface area contributed by atoms with Gasteiger partial charge < -0.3 is 10.1 Å². The van der Waals surface area contributed by atoms with E-state index in [1.165, 1.54) is 35.5 Å². The highest BCUT2D eigenvalue weighted by molar-refractivity contribution is 7.89. The fourth-order valence-electron chi connectivity index (χ4n) is 3.35. The Morgan fingerprint density at radius 1 is 1.00 bits per heavy atom. The molecule has 3 rings (SSSR count). The van der Waals surface area contributed by atoms with E-state index in [0.29, 0.717) is 19.2 Å². The van der Waals surface area contributed by atoms with Crippen molar-refractivity contribution in [3.63, 3.8) is 0 Å². The first kappa shape index (κ1) is 24.7. The van der Waals surface area contributed by atoms with E-state index in [1.807, 2.05) is 5.32 Å². The van der Waals surface area contributed by atoms with Crippen molar-refractivity contribution >= 4 is 27.6 Å². The molecule has 2 aromatic carbocycles. The van der Waals surface area contributed by atoms with Crippen LogP contribution in [0.1, 0.15) is 43.0 Å². The second-order valence-electron chi connectivity index (χ2n) is 7.61. The van der Waals surface area contributed by atoms with Gasteiger partial charge in [0.05, 0.1) is 16.1 Å². The fraction of sp³-hybridized carbons (Fsp3) is 0.364. The van der Waals surface area contributed by atoms with Crippen molar-refractivity contribution in [2.45, 2.75) is 43.6 Å². The molecule has 0 radical (unpaired) electrons. The van der Waals surface area contributed by atoms with Crippen LogP contribution in [0.2, 0.25) is 0 Å². The van der Waals surface area contributed by atoms with Gasteiger partial charge in [0.25, 0.3) is 5.91 Å². The number of ether oxygens (including phenoxy) is 1. The number of esters is 1. The molecule has 1 heterocycles. The minimum absolute atomic E-state index is 0.0696. The van der Waals surface area contributed by atoms with Gasteiger partial charge in [-0.05, 0) is 50.1 Å². The zero-order valence-corrected chi connectivity index (χ0v) is 18.6. The molecule has 1 amide bonds. The van der Waals surface area contributed by atoms with Crippen LogP contribution in [0.5, 0.6) is 0 Å².